The number of benzene rings is 1. The smallest absolute Gasteiger partial charge is 0.201 e. The first-order valence-electron chi connectivity index (χ1n) is 5.90. The second-order valence-corrected chi connectivity index (χ2v) is 4.92. The molecule has 0 saturated carbocycles. The Hall–Kier alpha value is -2.06. The van der Waals surface area contributed by atoms with E-state index >= 15 is 0 Å². The van der Waals surface area contributed by atoms with Gasteiger partial charge in [-0.2, -0.15) is 5.26 Å². The van der Waals surface area contributed by atoms with Crippen molar-refractivity contribution in [2.24, 2.45) is 0 Å². The van der Waals surface area contributed by atoms with Gasteiger partial charge in [0.05, 0.1) is 34.8 Å². The Morgan fingerprint density at radius 3 is 3.06 bits per heavy atom. The molecule has 1 atom stereocenters. The normalized spacial score (nSPS) is 23.3. The standard InChI is InChI=1S/C13H14N4O/c1-13(4-5-18-8-13)17-11-6-9(7-14)2-3-10(11)16-12(17)15/h2-3,6H,4-5,8H2,1H3,(H2,15,16). The summed E-state index contributed by atoms with van der Waals surface area (Å²) in [5, 5.41) is 8.99. The highest BCUT2D eigenvalue weighted by molar-refractivity contribution is 5.80. The first-order chi connectivity index (χ1) is 8.64. The third-order valence-electron chi connectivity index (χ3n) is 3.55. The van der Waals surface area contributed by atoms with Crippen molar-refractivity contribution in [3.05, 3.63) is 23.8 Å². The van der Waals surface area contributed by atoms with E-state index in [4.69, 9.17) is 15.7 Å². The van der Waals surface area contributed by atoms with Crippen molar-refractivity contribution in [3.63, 3.8) is 0 Å². The first-order valence-corrected chi connectivity index (χ1v) is 5.90. The molecule has 1 unspecified atom stereocenters. The molecule has 5 nitrogen and oxygen atoms in total. The van der Waals surface area contributed by atoms with Gasteiger partial charge < -0.3 is 15.0 Å². The van der Waals surface area contributed by atoms with Gasteiger partial charge in [0.25, 0.3) is 0 Å². The van der Waals surface area contributed by atoms with Crippen LogP contribution in [0.15, 0.2) is 18.2 Å². The van der Waals surface area contributed by atoms with Crippen molar-refractivity contribution >= 4 is 17.0 Å². The summed E-state index contributed by atoms with van der Waals surface area (Å²) in [5.41, 5.74) is 8.19. The summed E-state index contributed by atoms with van der Waals surface area (Å²) in [7, 11) is 0. The fourth-order valence-electron chi connectivity index (χ4n) is 2.56. The maximum Gasteiger partial charge on any atom is 0.201 e. The second-order valence-electron chi connectivity index (χ2n) is 4.92. The van der Waals surface area contributed by atoms with E-state index in [1.807, 2.05) is 16.7 Å². The number of nitrogens with two attached hydrogens (primary N) is 1. The molecule has 0 amide bonds. The van der Waals surface area contributed by atoms with Gasteiger partial charge in [-0.05, 0) is 31.5 Å². The predicted molar refractivity (Wildman–Crippen MR) is 67.9 cm³/mol. The van der Waals surface area contributed by atoms with E-state index in [1.54, 1.807) is 6.07 Å². The molecule has 2 aromatic rings. The highest BCUT2D eigenvalue weighted by Gasteiger charge is 2.34. The number of hydrogen-bond acceptors (Lipinski definition) is 4. The third-order valence-corrected chi connectivity index (χ3v) is 3.55. The van der Waals surface area contributed by atoms with E-state index in [-0.39, 0.29) is 5.54 Å². The molecule has 1 aliphatic heterocycles. The third kappa shape index (κ3) is 1.46. The van der Waals surface area contributed by atoms with Crippen LogP contribution in [0.1, 0.15) is 18.9 Å². The number of ether oxygens (including phenoxy) is 1. The Morgan fingerprint density at radius 2 is 2.39 bits per heavy atom. The average molecular weight is 242 g/mol. The van der Waals surface area contributed by atoms with Crippen LogP contribution in [-0.2, 0) is 10.3 Å². The second kappa shape index (κ2) is 3.72. The highest BCUT2D eigenvalue weighted by Crippen LogP contribution is 2.33. The SMILES string of the molecule is CC1(n2c(N)nc3ccc(C#N)cc32)CCOC1. The minimum atomic E-state index is -0.174. The average Bonchev–Trinajstić information content (AvgIpc) is 2.91. The number of anilines is 1. The van der Waals surface area contributed by atoms with E-state index in [9.17, 15) is 0 Å². The molecule has 0 spiro atoms. The van der Waals surface area contributed by atoms with E-state index in [0.29, 0.717) is 18.1 Å². The van der Waals surface area contributed by atoms with Gasteiger partial charge in [0, 0.05) is 6.61 Å². The molecule has 1 aromatic carbocycles. The summed E-state index contributed by atoms with van der Waals surface area (Å²) in [6.07, 6.45) is 0.902. The van der Waals surface area contributed by atoms with E-state index in [0.717, 1.165) is 24.1 Å². The lowest BCUT2D eigenvalue weighted by atomic mass is 10.0. The molecule has 1 aliphatic rings. The molecular formula is C13H14N4O. The van der Waals surface area contributed by atoms with Crippen LogP contribution in [-0.4, -0.2) is 22.8 Å². The van der Waals surface area contributed by atoms with Crippen LogP contribution in [0.4, 0.5) is 5.95 Å². The van der Waals surface area contributed by atoms with Crippen LogP contribution in [0.25, 0.3) is 11.0 Å². The zero-order valence-electron chi connectivity index (χ0n) is 10.2. The quantitative estimate of drug-likeness (QED) is 0.824. The Balaban J connectivity index is 2.27. The van der Waals surface area contributed by atoms with Gasteiger partial charge in [0.15, 0.2) is 0 Å². The number of fused-ring (bicyclic) bond motifs is 1. The molecule has 1 fully saturated rings. The first kappa shape index (κ1) is 11.1. The minimum Gasteiger partial charge on any atom is -0.379 e. The molecule has 2 N–H and O–H groups in total. The highest BCUT2D eigenvalue weighted by atomic mass is 16.5. The van der Waals surface area contributed by atoms with Gasteiger partial charge in [0.1, 0.15) is 0 Å². The maximum atomic E-state index is 8.99. The molecule has 2 heterocycles. The summed E-state index contributed by atoms with van der Waals surface area (Å²) in [6.45, 7) is 3.46. The molecule has 1 aromatic heterocycles. The molecule has 0 radical (unpaired) electrons. The molecule has 92 valence electrons. The fraction of sp³-hybridized carbons (Fsp3) is 0.385. The lowest BCUT2D eigenvalue weighted by molar-refractivity contribution is 0.164. The maximum absolute atomic E-state index is 8.99. The Morgan fingerprint density at radius 1 is 1.56 bits per heavy atom. The van der Waals surface area contributed by atoms with Crippen LogP contribution in [0.5, 0.6) is 0 Å². The number of aromatic nitrogens is 2. The summed E-state index contributed by atoms with van der Waals surface area (Å²) in [6, 6.07) is 7.57. The Kier molecular flexibility index (Phi) is 2.28. The lowest BCUT2D eigenvalue weighted by Crippen LogP contribution is -2.31. The zero-order chi connectivity index (χ0) is 12.8. The number of hydrogen-bond donors (Lipinski definition) is 1. The largest absolute Gasteiger partial charge is 0.379 e. The molecular weight excluding hydrogens is 228 g/mol. The summed E-state index contributed by atoms with van der Waals surface area (Å²) in [4.78, 5) is 4.35. The van der Waals surface area contributed by atoms with Gasteiger partial charge >= 0.3 is 0 Å². The van der Waals surface area contributed by atoms with Crippen molar-refractivity contribution in [2.75, 3.05) is 18.9 Å². The van der Waals surface area contributed by atoms with Crippen molar-refractivity contribution in [1.82, 2.24) is 9.55 Å². The Labute approximate surface area is 105 Å². The van der Waals surface area contributed by atoms with Gasteiger partial charge in [-0.25, -0.2) is 4.98 Å². The molecule has 0 aliphatic carbocycles. The van der Waals surface area contributed by atoms with Crippen LogP contribution in [0, 0.1) is 11.3 Å². The molecule has 3 rings (SSSR count). The minimum absolute atomic E-state index is 0.174. The van der Waals surface area contributed by atoms with Crippen LogP contribution >= 0.6 is 0 Å². The van der Waals surface area contributed by atoms with Crippen LogP contribution in [0.3, 0.4) is 0 Å². The van der Waals surface area contributed by atoms with Gasteiger partial charge in [0.2, 0.25) is 5.95 Å². The predicted octanol–water partition coefficient (Wildman–Crippen LogP) is 1.63. The fourth-order valence-corrected chi connectivity index (χ4v) is 2.56. The van der Waals surface area contributed by atoms with E-state index in [1.165, 1.54) is 0 Å². The van der Waals surface area contributed by atoms with Crippen molar-refractivity contribution in [3.8, 4) is 6.07 Å². The topological polar surface area (TPSA) is 76.9 Å². The van der Waals surface area contributed by atoms with Crippen molar-refractivity contribution < 1.29 is 4.74 Å². The van der Waals surface area contributed by atoms with E-state index < -0.39 is 0 Å². The van der Waals surface area contributed by atoms with Gasteiger partial charge in [-0.15, -0.1) is 0 Å². The van der Waals surface area contributed by atoms with Gasteiger partial charge in [-0.3, -0.25) is 0 Å². The summed E-state index contributed by atoms with van der Waals surface area (Å²) in [5.74, 6) is 0.480. The monoisotopic (exact) mass is 242 g/mol. The van der Waals surface area contributed by atoms with Crippen molar-refractivity contribution in [1.29, 1.82) is 5.26 Å². The van der Waals surface area contributed by atoms with Gasteiger partial charge in [-0.1, -0.05) is 0 Å². The summed E-state index contributed by atoms with van der Waals surface area (Å²) >= 11 is 0. The molecule has 1 saturated heterocycles. The number of imidazole rings is 1. The molecule has 5 heteroatoms. The van der Waals surface area contributed by atoms with Crippen molar-refractivity contribution in [2.45, 2.75) is 18.9 Å². The number of nitriles is 1. The summed E-state index contributed by atoms with van der Waals surface area (Å²) < 4.78 is 7.47. The van der Waals surface area contributed by atoms with Crippen LogP contribution in [0.2, 0.25) is 0 Å². The van der Waals surface area contributed by atoms with E-state index in [2.05, 4.69) is 18.0 Å². The zero-order valence-corrected chi connectivity index (χ0v) is 10.2. The number of rotatable bonds is 1. The van der Waals surface area contributed by atoms with Crippen LogP contribution < -0.4 is 5.73 Å². The Bertz CT molecular complexity index is 647. The molecule has 18 heavy (non-hydrogen) atoms. The molecule has 0 bridgehead atoms. The number of nitrogens with zero attached hydrogens (tertiary/aromatic N) is 3. The number of nitrogen functional groups attached to an aromatic ring is 1. The lowest BCUT2D eigenvalue weighted by Gasteiger charge is -2.25.